The first-order valence-corrected chi connectivity index (χ1v) is 4.41. The van der Waals surface area contributed by atoms with Crippen molar-refractivity contribution in [3.63, 3.8) is 0 Å². The lowest BCUT2D eigenvalue weighted by Gasteiger charge is -2.05. The number of benzene rings is 1. The van der Waals surface area contributed by atoms with Crippen LogP contribution in [-0.4, -0.2) is 4.57 Å². The molecule has 0 atom stereocenters. The molecule has 0 N–H and O–H groups in total. The Morgan fingerprint density at radius 3 is 2.57 bits per heavy atom. The second kappa shape index (κ2) is 4.29. The normalized spacial score (nSPS) is 9.79. The van der Waals surface area contributed by atoms with Crippen molar-refractivity contribution in [2.24, 2.45) is 0 Å². The zero-order valence-electron chi connectivity index (χ0n) is 7.93. The molecule has 2 rings (SSSR count). The highest BCUT2D eigenvalue weighted by molar-refractivity contribution is 5.85. The Kier molecular flexibility index (Phi) is 3.31. The van der Waals surface area contributed by atoms with Crippen molar-refractivity contribution >= 4 is 23.3 Å². The van der Waals surface area contributed by atoms with E-state index in [9.17, 15) is 4.79 Å². The summed E-state index contributed by atoms with van der Waals surface area (Å²) in [6, 6.07) is 11.4. The van der Waals surface area contributed by atoms with Gasteiger partial charge in [-0.05, 0) is 24.4 Å². The summed E-state index contributed by atoms with van der Waals surface area (Å²) in [5, 5.41) is 1.11. The van der Waals surface area contributed by atoms with Gasteiger partial charge in [0.2, 0.25) is 0 Å². The molecule has 2 aromatic rings. The molecule has 0 aliphatic carbocycles. The number of hydrogen-bond acceptors (Lipinski definition) is 1. The first-order chi connectivity index (χ1) is 6.33. The summed E-state index contributed by atoms with van der Waals surface area (Å²) in [6.45, 7) is 2.70. The summed E-state index contributed by atoms with van der Waals surface area (Å²) < 4.78 is 1.77. The molecule has 0 unspecified atom stereocenters. The largest absolute Gasteiger partial charge is 0.309 e. The molecule has 0 radical (unpaired) electrons. The Morgan fingerprint density at radius 1 is 1.14 bits per heavy atom. The molecule has 1 heterocycles. The summed E-state index contributed by atoms with van der Waals surface area (Å²) in [7, 11) is 0. The Labute approximate surface area is 88.6 Å². The van der Waals surface area contributed by atoms with Crippen LogP contribution >= 0.6 is 12.4 Å². The van der Waals surface area contributed by atoms with Gasteiger partial charge in [0.25, 0.3) is 5.56 Å². The zero-order chi connectivity index (χ0) is 9.26. The van der Waals surface area contributed by atoms with Crippen LogP contribution in [0.25, 0.3) is 10.9 Å². The number of pyridine rings is 1. The van der Waals surface area contributed by atoms with E-state index in [1.165, 1.54) is 0 Å². The van der Waals surface area contributed by atoms with Gasteiger partial charge in [0.05, 0.1) is 5.52 Å². The van der Waals surface area contributed by atoms with Crippen LogP contribution in [0, 0.1) is 0 Å². The van der Waals surface area contributed by atoms with Crippen LogP contribution < -0.4 is 5.56 Å². The highest BCUT2D eigenvalue weighted by Gasteiger charge is 1.98. The summed E-state index contributed by atoms with van der Waals surface area (Å²) in [5.74, 6) is 0. The van der Waals surface area contributed by atoms with Crippen molar-refractivity contribution in [3.8, 4) is 0 Å². The van der Waals surface area contributed by atoms with Gasteiger partial charge in [-0.3, -0.25) is 4.79 Å². The lowest BCUT2D eigenvalue weighted by molar-refractivity contribution is 0.760. The quantitative estimate of drug-likeness (QED) is 0.707. The Morgan fingerprint density at radius 2 is 1.86 bits per heavy atom. The number of para-hydroxylation sites is 1. The number of aryl methyl sites for hydroxylation is 1. The van der Waals surface area contributed by atoms with Crippen molar-refractivity contribution in [1.29, 1.82) is 0 Å². The number of nitrogens with zero attached hydrogens (tertiary/aromatic N) is 1. The van der Waals surface area contributed by atoms with E-state index in [-0.39, 0.29) is 18.0 Å². The monoisotopic (exact) mass is 209 g/mol. The van der Waals surface area contributed by atoms with Gasteiger partial charge in [0.15, 0.2) is 0 Å². The van der Waals surface area contributed by atoms with E-state index in [0.29, 0.717) is 0 Å². The standard InChI is InChI=1S/C11H11NO.ClH/c1-2-12-10-6-4-3-5-9(10)7-8-11(12)13;/h3-8H,2H2,1H3;1H. The Balaban J connectivity index is 0.000000980. The summed E-state index contributed by atoms with van der Waals surface area (Å²) in [4.78, 5) is 11.4. The van der Waals surface area contributed by atoms with E-state index in [1.54, 1.807) is 10.6 Å². The molecule has 0 spiro atoms. The Hall–Kier alpha value is -1.28. The van der Waals surface area contributed by atoms with Gasteiger partial charge >= 0.3 is 0 Å². The van der Waals surface area contributed by atoms with Crippen molar-refractivity contribution in [3.05, 3.63) is 46.8 Å². The summed E-state index contributed by atoms with van der Waals surface area (Å²) in [6.07, 6.45) is 0. The van der Waals surface area contributed by atoms with Crippen LogP contribution in [-0.2, 0) is 6.54 Å². The first kappa shape index (κ1) is 10.8. The predicted molar refractivity (Wildman–Crippen MR) is 61.1 cm³/mol. The topological polar surface area (TPSA) is 22.0 Å². The number of fused-ring (bicyclic) bond motifs is 1. The molecule has 0 saturated carbocycles. The molecule has 14 heavy (non-hydrogen) atoms. The average Bonchev–Trinajstić information content (AvgIpc) is 2.18. The van der Waals surface area contributed by atoms with Crippen LogP contribution in [0.3, 0.4) is 0 Å². The minimum Gasteiger partial charge on any atom is -0.309 e. The van der Waals surface area contributed by atoms with Crippen LogP contribution in [0.2, 0.25) is 0 Å². The van der Waals surface area contributed by atoms with Crippen molar-refractivity contribution in [2.45, 2.75) is 13.5 Å². The smallest absolute Gasteiger partial charge is 0.250 e. The van der Waals surface area contributed by atoms with E-state index in [1.807, 2.05) is 37.3 Å². The maximum Gasteiger partial charge on any atom is 0.250 e. The maximum atomic E-state index is 11.4. The third kappa shape index (κ3) is 1.66. The highest BCUT2D eigenvalue weighted by atomic mass is 35.5. The van der Waals surface area contributed by atoms with Crippen LogP contribution in [0.5, 0.6) is 0 Å². The van der Waals surface area contributed by atoms with Gasteiger partial charge in [-0.25, -0.2) is 0 Å². The van der Waals surface area contributed by atoms with Crippen molar-refractivity contribution < 1.29 is 0 Å². The number of aromatic nitrogens is 1. The third-order valence-corrected chi connectivity index (χ3v) is 2.22. The summed E-state index contributed by atoms with van der Waals surface area (Å²) >= 11 is 0. The predicted octanol–water partition coefficient (Wildman–Crippen LogP) is 2.44. The highest BCUT2D eigenvalue weighted by Crippen LogP contribution is 2.10. The second-order valence-corrected chi connectivity index (χ2v) is 2.97. The van der Waals surface area contributed by atoms with Crippen LogP contribution in [0.15, 0.2) is 41.2 Å². The van der Waals surface area contributed by atoms with E-state index in [2.05, 4.69) is 0 Å². The molecule has 0 fully saturated rings. The van der Waals surface area contributed by atoms with Gasteiger partial charge in [0.1, 0.15) is 0 Å². The molecule has 1 aromatic heterocycles. The Bertz CT molecular complexity index is 490. The fourth-order valence-electron chi connectivity index (χ4n) is 1.57. The number of hydrogen-bond donors (Lipinski definition) is 0. The fourth-order valence-corrected chi connectivity index (χ4v) is 1.57. The number of halogens is 1. The minimum atomic E-state index is 0. The first-order valence-electron chi connectivity index (χ1n) is 4.41. The third-order valence-electron chi connectivity index (χ3n) is 2.22. The molecule has 3 heteroatoms. The van der Waals surface area contributed by atoms with Crippen LogP contribution in [0.4, 0.5) is 0 Å². The van der Waals surface area contributed by atoms with Gasteiger partial charge in [-0.1, -0.05) is 18.2 Å². The zero-order valence-corrected chi connectivity index (χ0v) is 8.75. The molecule has 2 nitrogen and oxygen atoms in total. The molecule has 74 valence electrons. The van der Waals surface area contributed by atoms with Crippen molar-refractivity contribution in [1.82, 2.24) is 4.57 Å². The van der Waals surface area contributed by atoms with Gasteiger partial charge in [0, 0.05) is 12.6 Å². The average molecular weight is 210 g/mol. The SMILES string of the molecule is CCn1c(=O)ccc2ccccc21.Cl. The molecule has 1 aromatic carbocycles. The number of rotatable bonds is 1. The summed E-state index contributed by atoms with van der Waals surface area (Å²) in [5.41, 5.74) is 1.08. The van der Waals surface area contributed by atoms with E-state index in [0.717, 1.165) is 17.4 Å². The maximum absolute atomic E-state index is 11.4. The lowest BCUT2D eigenvalue weighted by Crippen LogP contribution is -2.17. The molecule has 0 saturated heterocycles. The van der Waals surface area contributed by atoms with E-state index >= 15 is 0 Å². The molecular formula is C11H12ClNO. The van der Waals surface area contributed by atoms with Gasteiger partial charge < -0.3 is 4.57 Å². The van der Waals surface area contributed by atoms with Crippen molar-refractivity contribution in [2.75, 3.05) is 0 Å². The van der Waals surface area contributed by atoms with Gasteiger partial charge in [-0.15, -0.1) is 12.4 Å². The van der Waals surface area contributed by atoms with E-state index in [4.69, 9.17) is 0 Å². The minimum absolute atomic E-state index is 0. The molecule has 0 bridgehead atoms. The van der Waals surface area contributed by atoms with E-state index < -0.39 is 0 Å². The second-order valence-electron chi connectivity index (χ2n) is 2.97. The van der Waals surface area contributed by atoms with Gasteiger partial charge in [-0.2, -0.15) is 0 Å². The lowest BCUT2D eigenvalue weighted by atomic mass is 10.2. The molecule has 0 aliphatic rings. The van der Waals surface area contributed by atoms with Crippen LogP contribution in [0.1, 0.15) is 6.92 Å². The molecule has 0 aliphatic heterocycles. The molecule has 0 amide bonds. The fraction of sp³-hybridized carbons (Fsp3) is 0.182. The molecular weight excluding hydrogens is 198 g/mol.